The predicted octanol–water partition coefficient (Wildman–Crippen LogP) is 3.91. The summed E-state index contributed by atoms with van der Waals surface area (Å²) in [5, 5.41) is 23.4. The van der Waals surface area contributed by atoms with Crippen LogP contribution in [0, 0.1) is 12.8 Å². The summed E-state index contributed by atoms with van der Waals surface area (Å²) in [6.45, 7) is 8.24. The van der Waals surface area contributed by atoms with Crippen molar-refractivity contribution in [2.75, 3.05) is 20.1 Å². The Morgan fingerprint density at radius 1 is 1.29 bits per heavy atom. The van der Waals surface area contributed by atoms with Gasteiger partial charge in [-0.25, -0.2) is 0 Å². The van der Waals surface area contributed by atoms with Crippen molar-refractivity contribution in [2.24, 2.45) is 5.92 Å². The van der Waals surface area contributed by atoms with E-state index in [2.05, 4.69) is 18.7 Å². The van der Waals surface area contributed by atoms with Gasteiger partial charge in [0.05, 0.1) is 17.1 Å². The summed E-state index contributed by atoms with van der Waals surface area (Å²) < 4.78 is 6.59. The van der Waals surface area contributed by atoms with Gasteiger partial charge in [0.15, 0.2) is 11.5 Å². The van der Waals surface area contributed by atoms with E-state index in [9.17, 15) is 15.0 Å². The van der Waals surface area contributed by atoms with Crippen LogP contribution in [-0.2, 0) is 10.2 Å². The molecule has 0 aromatic heterocycles. The van der Waals surface area contributed by atoms with Crippen LogP contribution in [-0.4, -0.2) is 69.8 Å². The molecule has 2 aliphatic heterocycles. The van der Waals surface area contributed by atoms with E-state index in [0.29, 0.717) is 18.6 Å². The number of phenols is 1. The van der Waals surface area contributed by atoms with E-state index >= 15 is 0 Å². The summed E-state index contributed by atoms with van der Waals surface area (Å²) in [5.41, 5.74) is 0.335. The number of carbonyl (C=O) groups is 1. The minimum atomic E-state index is -0.993. The van der Waals surface area contributed by atoms with Gasteiger partial charge in [-0.05, 0) is 82.5 Å². The highest BCUT2D eigenvalue weighted by Crippen LogP contribution is 2.63. The Bertz CT molecular complexity index is 989. The fourth-order valence-corrected chi connectivity index (χ4v) is 7.12. The van der Waals surface area contributed by atoms with E-state index < -0.39 is 17.1 Å². The number of nitrogens with zero attached hydrogens (tertiary/aromatic N) is 2. The minimum absolute atomic E-state index is 0.0212. The van der Waals surface area contributed by atoms with Crippen molar-refractivity contribution >= 4 is 5.91 Å². The largest absolute Gasteiger partial charge is 0.504 e. The van der Waals surface area contributed by atoms with Crippen molar-refractivity contribution in [2.45, 2.75) is 94.9 Å². The second-order valence-electron chi connectivity index (χ2n) is 11.2. The van der Waals surface area contributed by atoms with Crippen molar-refractivity contribution in [3.63, 3.8) is 0 Å². The number of aliphatic hydroxyl groups is 1. The number of amides is 1. The van der Waals surface area contributed by atoms with E-state index in [0.717, 1.165) is 49.4 Å². The van der Waals surface area contributed by atoms with Crippen LogP contribution >= 0.6 is 0 Å². The molecule has 5 atom stereocenters. The molecule has 6 nitrogen and oxygen atoms in total. The lowest BCUT2D eigenvalue weighted by Crippen LogP contribution is -2.75. The first-order chi connectivity index (χ1) is 16.2. The maximum absolute atomic E-state index is 13.1. The number of hydrogen-bond acceptors (Lipinski definition) is 5. The number of phenolic OH excluding ortho intramolecular Hbond substituents is 1. The van der Waals surface area contributed by atoms with Crippen LogP contribution in [0.4, 0.5) is 0 Å². The van der Waals surface area contributed by atoms with Gasteiger partial charge in [-0.1, -0.05) is 25.5 Å². The van der Waals surface area contributed by atoms with Gasteiger partial charge in [-0.3, -0.25) is 9.69 Å². The number of piperidine rings is 1. The molecule has 3 fully saturated rings. The zero-order valence-electron chi connectivity index (χ0n) is 21.1. The van der Waals surface area contributed by atoms with Gasteiger partial charge in [0.1, 0.15) is 6.10 Å². The third-order valence-corrected chi connectivity index (χ3v) is 9.25. The third kappa shape index (κ3) is 3.40. The summed E-state index contributed by atoms with van der Waals surface area (Å²) in [6, 6.07) is 3.42. The molecule has 4 aliphatic rings. The summed E-state index contributed by atoms with van der Waals surface area (Å²) in [7, 11) is 1.85. The number of aryl methyl sites for hydroxylation is 1. The van der Waals surface area contributed by atoms with Crippen molar-refractivity contribution < 1.29 is 19.7 Å². The van der Waals surface area contributed by atoms with Crippen molar-refractivity contribution in [3.05, 3.63) is 35.4 Å². The van der Waals surface area contributed by atoms with Gasteiger partial charge in [-0.2, -0.15) is 0 Å². The average molecular weight is 469 g/mol. The monoisotopic (exact) mass is 468 g/mol. The Hall–Kier alpha value is -2.05. The van der Waals surface area contributed by atoms with Crippen LogP contribution in [0.15, 0.2) is 24.3 Å². The summed E-state index contributed by atoms with van der Waals surface area (Å²) >= 11 is 0. The fourth-order valence-electron chi connectivity index (χ4n) is 7.12. The maximum atomic E-state index is 13.1. The smallest absolute Gasteiger partial charge is 0.246 e. The Morgan fingerprint density at radius 2 is 2.06 bits per heavy atom. The Balaban J connectivity index is 1.56. The van der Waals surface area contributed by atoms with Gasteiger partial charge in [0, 0.05) is 25.2 Å². The van der Waals surface area contributed by atoms with Crippen molar-refractivity contribution in [3.8, 4) is 11.5 Å². The number of carbonyl (C=O) groups excluding carboxylic acids is 1. The number of aromatic hydroxyl groups is 1. The standard InChI is InChI=1S/C28H40N2O4/c1-5-6-7-8-23(32)29(4)21-13-14-28(33)19(3)30(17-20-10-11-20)16-15-27(28)24-18(2)9-12-22(31)25(24)34-26(21)27/h7-9,12,19-21,26,31,33H,5-6,10-11,13-17H2,1-4H3/b8-7+/t19-,21-,26+,27+,28-/m1/s1. The molecular weight excluding hydrogens is 428 g/mol. The van der Waals surface area contributed by atoms with Crippen LogP contribution in [0.2, 0.25) is 0 Å². The van der Waals surface area contributed by atoms with Crippen LogP contribution in [0.1, 0.15) is 69.9 Å². The molecule has 0 unspecified atom stereocenters. The number of fused-ring (bicyclic) bond motifs is 1. The first-order valence-electron chi connectivity index (χ1n) is 13.1. The molecule has 34 heavy (non-hydrogen) atoms. The normalized spacial score (nSPS) is 34.9. The van der Waals surface area contributed by atoms with Gasteiger partial charge in [0.2, 0.25) is 5.91 Å². The lowest BCUT2D eigenvalue weighted by molar-refractivity contribution is -0.191. The van der Waals surface area contributed by atoms with E-state index in [4.69, 9.17) is 4.74 Å². The highest BCUT2D eigenvalue weighted by Gasteiger charge is 2.70. The number of benzene rings is 1. The van der Waals surface area contributed by atoms with Crippen molar-refractivity contribution in [1.29, 1.82) is 0 Å². The SMILES string of the molecule is CCC/C=C/C(=O)N(C)[C@@H]1CC[C@@]2(O)[C@@H](C)N(CC3CC3)CC[C@@]23c2c(C)ccc(O)c2O[C@@H]13. The Labute approximate surface area is 203 Å². The molecule has 2 heterocycles. The van der Waals surface area contributed by atoms with Gasteiger partial charge in [-0.15, -0.1) is 0 Å². The molecule has 186 valence electrons. The molecule has 2 aliphatic carbocycles. The van der Waals surface area contributed by atoms with Crippen LogP contribution in [0.5, 0.6) is 11.5 Å². The lowest BCUT2D eigenvalue weighted by atomic mass is 9.51. The summed E-state index contributed by atoms with van der Waals surface area (Å²) in [5.74, 6) is 1.35. The van der Waals surface area contributed by atoms with Crippen molar-refractivity contribution in [1.82, 2.24) is 9.80 Å². The number of unbranched alkanes of at least 4 members (excludes halogenated alkanes) is 1. The van der Waals surface area contributed by atoms with E-state index in [1.807, 2.05) is 26.1 Å². The second kappa shape index (κ2) is 8.56. The summed E-state index contributed by atoms with van der Waals surface area (Å²) in [4.78, 5) is 17.3. The van der Waals surface area contributed by atoms with E-state index in [-0.39, 0.29) is 23.7 Å². The molecule has 1 aromatic rings. The number of ether oxygens (including phenoxy) is 1. The quantitative estimate of drug-likeness (QED) is 0.620. The molecule has 0 radical (unpaired) electrons. The molecule has 6 heteroatoms. The number of rotatable bonds is 6. The van der Waals surface area contributed by atoms with Gasteiger partial charge >= 0.3 is 0 Å². The maximum Gasteiger partial charge on any atom is 0.246 e. The minimum Gasteiger partial charge on any atom is -0.504 e. The Kier molecular flexibility index (Phi) is 5.96. The predicted molar refractivity (Wildman–Crippen MR) is 132 cm³/mol. The first-order valence-corrected chi connectivity index (χ1v) is 13.1. The molecular formula is C28H40N2O4. The Morgan fingerprint density at radius 3 is 2.76 bits per heavy atom. The molecule has 1 saturated heterocycles. The van der Waals surface area contributed by atoms with E-state index in [1.165, 1.54) is 12.8 Å². The zero-order chi connectivity index (χ0) is 24.3. The highest BCUT2D eigenvalue weighted by molar-refractivity contribution is 5.87. The third-order valence-electron chi connectivity index (χ3n) is 9.25. The molecule has 2 saturated carbocycles. The summed E-state index contributed by atoms with van der Waals surface area (Å²) in [6.07, 6.45) is 9.69. The first kappa shape index (κ1) is 23.7. The molecule has 0 bridgehead atoms. The fraction of sp³-hybridized carbons (Fsp3) is 0.679. The lowest BCUT2D eigenvalue weighted by Gasteiger charge is -2.62. The molecule has 1 spiro atoms. The average Bonchev–Trinajstić information content (AvgIpc) is 3.56. The van der Waals surface area contributed by atoms with Crippen LogP contribution in [0.3, 0.4) is 0 Å². The number of hydrogen-bond donors (Lipinski definition) is 2. The molecule has 2 N–H and O–H groups in total. The van der Waals surface area contributed by atoms with Crippen LogP contribution in [0.25, 0.3) is 0 Å². The number of allylic oxidation sites excluding steroid dienone is 1. The molecule has 1 amide bonds. The van der Waals surface area contributed by atoms with Gasteiger partial charge < -0.3 is 19.8 Å². The topological polar surface area (TPSA) is 73.2 Å². The second-order valence-corrected chi connectivity index (χ2v) is 11.2. The number of likely N-dealkylation sites (N-methyl/N-ethyl adjacent to an activating group) is 1. The number of likely N-dealkylation sites (tertiary alicyclic amines) is 1. The van der Waals surface area contributed by atoms with E-state index in [1.54, 1.807) is 17.0 Å². The highest BCUT2D eigenvalue weighted by atomic mass is 16.5. The van der Waals surface area contributed by atoms with Gasteiger partial charge in [0.25, 0.3) is 0 Å². The molecule has 1 aromatic carbocycles. The van der Waals surface area contributed by atoms with Crippen LogP contribution < -0.4 is 4.74 Å². The zero-order valence-corrected chi connectivity index (χ0v) is 21.1. The molecule has 5 rings (SSSR count).